The van der Waals surface area contributed by atoms with Crippen LogP contribution < -0.4 is 10.1 Å². The summed E-state index contributed by atoms with van der Waals surface area (Å²) in [6, 6.07) is 12.8. The van der Waals surface area contributed by atoms with Gasteiger partial charge in [-0.1, -0.05) is 41.6 Å². The Kier molecular flexibility index (Phi) is 5.98. The summed E-state index contributed by atoms with van der Waals surface area (Å²) in [4.78, 5) is 12.6. The predicted octanol–water partition coefficient (Wildman–Crippen LogP) is 3.75. The maximum absolute atomic E-state index is 12.6. The average molecular weight is 404 g/mol. The number of hydrogen-bond acceptors (Lipinski definition) is 6. The largest absolute Gasteiger partial charge is 0.494 e. The fraction of sp³-hybridized carbons (Fsp3) is 0.222. The Hall–Kier alpha value is -2.58. The van der Waals surface area contributed by atoms with E-state index in [4.69, 9.17) is 16.3 Å². The van der Waals surface area contributed by atoms with Gasteiger partial charge in [-0.25, -0.2) is 0 Å². The van der Waals surface area contributed by atoms with Gasteiger partial charge in [0.15, 0.2) is 0 Å². The van der Waals surface area contributed by atoms with E-state index in [1.807, 2.05) is 37.3 Å². The molecule has 0 saturated heterocycles. The molecule has 0 radical (unpaired) electrons. The summed E-state index contributed by atoms with van der Waals surface area (Å²) in [7, 11) is 1.58. The summed E-state index contributed by atoms with van der Waals surface area (Å²) in [6.07, 6.45) is 0. The van der Waals surface area contributed by atoms with Crippen LogP contribution in [0.3, 0.4) is 0 Å². The number of carbonyl (C=O) groups excluding carboxylic acids is 1. The fourth-order valence-corrected chi connectivity index (χ4v) is 3.37. The lowest BCUT2D eigenvalue weighted by Crippen LogP contribution is -2.23. The van der Waals surface area contributed by atoms with Crippen LogP contribution in [0.5, 0.6) is 5.75 Å². The van der Waals surface area contributed by atoms with Crippen molar-refractivity contribution in [2.45, 2.75) is 24.3 Å². The van der Waals surface area contributed by atoms with Crippen molar-refractivity contribution in [3.8, 4) is 11.4 Å². The minimum absolute atomic E-state index is 0.167. The second kappa shape index (κ2) is 8.41. The van der Waals surface area contributed by atoms with Crippen LogP contribution in [0.25, 0.3) is 5.69 Å². The monoisotopic (exact) mass is 403 g/mol. The molecule has 1 aromatic heterocycles. The van der Waals surface area contributed by atoms with Crippen molar-refractivity contribution in [3.63, 3.8) is 0 Å². The maximum Gasteiger partial charge on any atom is 0.237 e. The molecule has 1 unspecified atom stereocenters. The van der Waals surface area contributed by atoms with Crippen LogP contribution in [0, 0.1) is 6.92 Å². The van der Waals surface area contributed by atoms with Crippen LogP contribution in [0.1, 0.15) is 12.5 Å². The highest BCUT2D eigenvalue weighted by molar-refractivity contribution is 8.00. The van der Waals surface area contributed by atoms with Crippen LogP contribution >= 0.6 is 23.4 Å². The number of amides is 1. The molecule has 0 aliphatic heterocycles. The van der Waals surface area contributed by atoms with Gasteiger partial charge in [0.25, 0.3) is 0 Å². The lowest BCUT2D eigenvalue weighted by Gasteiger charge is -2.14. The molecule has 27 heavy (non-hydrogen) atoms. The van der Waals surface area contributed by atoms with Crippen molar-refractivity contribution in [2.75, 3.05) is 12.4 Å². The van der Waals surface area contributed by atoms with Gasteiger partial charge in [0, 0.05) is 10.7 Å². The SMILES string of the molecule is COc1ccccc1-n1nnnc1SC(C)C(=O)Nc1cccc(Cl)c1C. The molecule has 3 rings (SSSR count). The standard InChI is InChI=1S/C18H18ClN5O2S/c1-11-13(19)7-6-8-14(11)20-17(25)12(2)27-18-21-22-23-24(18)15-9-4-5-10-16(15)26-3/h4-10,12H,1-3H3,(H,20,25). The number of thioether (sulfide) groups is 1. The van der Waals surface area contributed by atoms with E-state index in [0.717, 1.165) is 5.56 Å². The molecule has 0 fully saturated rings. The van der Waals surface area contributed by atoms with Crippen molar-refractivity contribution in [3.05, 3.63) is 53.1 Å². The molecule has 0 aliphatic rings. The molecule has 1 N–H and O–H groups in total. The Morgan fingerprint density at radius 3 is 2.81 bits per heavy atom. The van der Waals surface area contributed by atoms with Gasteiger partial charge in [-0.15, -0.1) is 5.10 Å². The number of rotatable bonds is 6. The molecule has 0 aliphatic carbocycles. The first-order chi connectivity index (χ1) is 13.0. The summed E-state index contributed by atoms with van der Waals surface area (Å²) in [5.41, 5.74) is 2.21. The van der Waals surface area contributed by atoms with Crippen LogP contribution in [0.15, 0.2) is 47.6 Å². The van der Waals surface area contributed by atoms with E-state index >= 15 is 0 Å². The maximum atomic E-state index is 12.6. The van der Waals surface area contributed by atoms with Crippen LogP contribution in [-0.2, 0) is 4.79 Å². The second-order valence-corrected chi connectivity index (χ2v) is 7.42. The Morgan fingerprint density at radius 2 is 2.04 bits per heavy atom. The molecule has 0 bridgehead atoms. The Balaban J connectivity index is 1.77. The van der Waals surface area contributed by atoms with Crippen molar-refractivity contribution in [1.29, 1.82) is 0 Å². The molecular weight excluding hydrogens is 386 g/mol. The van der Waals surface area contributed by atoms with Gasteiger partial charge in [-0.2, -0.15) is 4.68 Å². The molecule has 2 aromatic carbocycles. The first-order valence-corrected chi connectivity index (χ1v) is 9.41. The van der Waals surface area contributed by atoms with Crippen molar-refractivity contribution >= 4 is 35.0 Å². The number of methoxy groups -OCH3 is 1. The highest BCUT2D eigenvalue weighted by Crippen LogP contribution is 2.29. The number of carbonyl (C=O) groups is 1. The van der Waals surface area contributed by atoms with Crippen LogP contribution in [0.2, 0.25) is 5.02 Å². The molecule has 9 heteroatoms. The van der Waals surface area contributed by atoms with E-state index in [1.54, 1.807) is 30.8 Å². The smallest absolute Gasteiger partial charge is 0.237 e. The zero-order chi connectivity index (χ0) is 19.4. The minimum Gasteiger partial charge on any atom is -0.494 e. The number of anilines is 1. The third kappa shape index (κ3) is 4.23. The van der Waals surface area contributed by atoms with E-state index in [0.29, 0.717) is 27.3 Å². The molecular formula is C18H18ClN5O2S. The molecule has 140 valence electrons. The number of tetrazole rings is 1. The Morgan fingerprint density at radius 1 is 1.26 bits per heavy atom. The van der Waals surface area contributed by atoms with Gasteiger partial charge in [-0.05, 0) is 54.1 Å². The summed E-state index contributed by atoms with van der Waals surface area (Å²) in [5.74, 6) is 0.471. The average Bonchev–Trinajstić information content (AvgIpc) is 3.13. The highest BCUT2D eigenvalue weighted by Gasteiger charge is 2.21. The highest BCUT2D eigenvalue weighted by atomic mass is 35.5. The molecule has 1 heterocycles. The number of hydrogen-bond donors (Lipinski definition) is 1. The van der Waals surface area contributed by atoms with E-state index < -0.39 is 5.25 Å². The third-order valence-corrected chi connectivity index (χ3v) is 5.37. The summed E-state index contributed by atoms with van der Waals surface area (Å²) in [5, 5.41) is 15.4. The zero-order valence-electron chi connectivity index (χ0n) is 15.0. The van der Waals surface area contributed by atoms with E-state index in [2.05, 4.69) is 20.8 Å². The fourth-order valence-electron chi connectivity index (χ4n) is 2.40. The molecule has 0 saturated carbocycles. The number of ether oxygens (including phenoxy) is 1. The number of benzene rings is 2. The topological polar surface area (TPSA) is 81.9 Å². The van der Waals surface area contributed by atoms with Crippen molar-refractivity contribution in [2.24, 2.45) is 0 Å². The van der Waals surface area contributed by atoms with Gasteiger partial charge < -0.3 is 10.1 Å². The Bertz CT molecular complexity index is 962. The third-order valence-electron chi connectivity index (χ3n) is 3.93. The number of para-hydroxylation sites is 2. The van der Waals surface area contributed by atoms with E-state index in [9.17, 15) is 4.79 Å². The first kappa shape index (κ1) is 19.2. The lowest BCUT2D eigenvalue weighted by molar-refractivity contribution is -0.115. The van der Waals surface area contributed by atoms with Crippen molar-refractivity contribution < 1.29 is 9.53 Å². The molecule has 1 amide bonds. The van der Waals surface area contributed by atoms with Gasteiger partial charge in [0.1, 0.15) is 11.4 Å². The number of aromatic nitrogens is 4. The first-order valence-electron chi connectivity index (χ1n) is 8.15. The molecule has 1 atom stereocenters. The molecule has 3 aromatic rings. The summed E-state index contributed by atoms with van der Waals surface area (Å²) in [6.45, 7) is 3.65. The predicted molar refractivity (Wildman–Crippen MR) is 106 cm³/mol. The zero-order valence-corrected chi connectivity index (χ0v) is 16.6. The minimum atomic E-state index is -0.428. The normalized spacial score (nSPS) is 11.9. The van der Waals surface area contributed by atoms with Crippen LogP contribution in [0.4, 0.5) is 5.69 Å². The van der Waals surface area contributed by atoms with E-state index in [1.165, 1.54) is 11.8 Å². The van der Waals surface area contributed by atoms with Gasteiger partial charge >= 0.3 is 0 Å². The van der Waals surface area contributed by atoms with Gasteiger partial charge in [-0.3, -0.25) is 4.79 Å². The van der Waals surface area contributed by atoms with E-state index in [-0.39, 0.29) is 5.91 Å². The number of halogens is 1. The second-order valence-electron chi connectivity index (χ2n) is 5.71. The van der Waals surface area contributed by atoms with Gasteiger partial charge in [0.2, 0.25) is 11.1 Å². The van der Waals surface area contributed by atoms with Crippen molar-refractivity contribution in [1.82, 2.24) is 20.2 Å². The summed E-state index contributed by atoms with van der Waals surface area (Å²) >= 11 is 7.37. The molecule has 7 nitrogen and oxygen atoms in total. The summed E-state index contributed by atoms with van der Waals surface area (Å²) < 4.78 is 6.92. The Labute approximate surface area is 166 Å². The number of nitrogens with zero attached hydrogens (tertiary/aromatic N) is 4. The number of nitrogens with one attached hydrogen (secondary N) is 1. The van der Waals surface area contributed by atoms with Gasteiger partial charge in [0.05, 0.1) is 12.4 Å². The molecule has 0 spiro atoms. The van der Waals surface area contributed by atoms with Crippen LogP contribution in [-0.4, -0.2) is 38.5 Å². The lowest BCUT2D eigenvalue weighted by atomic mass is 10.2. The quantitative estimate of drug-likeness (QED) is 0.631.